The van der Waals surface area contributed by atoms with Crippen LogP contribution in [0.4, 0.5) is 0 Å². The molecule has 0 aliphatic carbocycles. The van der Waals surface area contributed by atoms with Crippen LogP contribution in [0.15, 0.2) is 31.6 Å². The van der Waals surface area contributed by atoms with Gasteiger partial charge in [-0.05, 0) is 27.4 Å². The zero-order valence-electron chi connectivity index (χ0n) is 13.2. The maximum atomic E-state index is 10.9. The van der Waals surface area contributed by atoms with Crippen molar-refractivity contribution in [2.45, 2.75) is 54.5 Å². The third-order valence-corrected chi connectivity index (χ3v) is 2.39. The van der Waals surface area contributed by atoms with Gasteiger partial charge in [-0.3, -0.25) is 0 Å². The molecule has 1 aromatic rings. The van der Waals surface area contributed by atoms with Crippen LogP contribution in [-0.4, -0.2) is 15.6 Å². The van der Waals surface area contributed by atoms with Crippen molar-refractivity contribution < 1.29 is 9.36 Å². The minimum Gasteiger partial charge on any atom is -0.361 e. The van der Waals surface area contributed by atoms with E-state index in [9.17, 15) is 9.59 Å². The molecule has 0 saturated carbocycles. The van der Waals surface area contributed by atoms with Crippen molar-refractivity contribution in [1.29, 1.82) is 0 Å². The molecule has 2 rings (SSSR count). The summed E-state index contributed by atoms with van der Waals surface area (Å²) in [6, 6.07) is 0. The summed E-state index contributed by atoms with van der Waals surface area (Å²) >= 11 is 0. The molecule has 126 valence electrons. The van der Waals surface area contributed by atoms with Crippen molar-refractivity contribution in [1.82, 2.24) is 15.2 Å². The highest BCUT2D eigenvalue weighted by atomic mass is 16.7. The highest BCUT2D eigenvalue weighted by Crippen LogP contribution is 2.19. The van der Waals surface area contributed by atoms with Crippen LogP contribution >= 0.6 is 0 Å². The Kier molecular flexibility index (Phi) is 5.99. The lowest BCUT2D eigenvalue weighted by Gasteiger charge is -2.16. The third-order valence-electron chi connectivity index (χ3n) is 2.39. The van der Waals surface area contributed by atoms with Crippen LogP contribution in [0.25, 0.3) is 0 Å². The van der Waals surface area contributed by atoms with E-state index in [0.29, 0.717) is 5.88 Å². The Balaban J connectivity index is 0.000000385. The van der Waals surface area contributed by atoms with E-state index in [0.717, 1.165) is 10.6 Å². The van der Waals surface area contributed by atoms with Gasteiger partial charge >= 0.3 is 11.4 Å². The molecule has 0 spiro atoms. The fraction of sp³-hybridized carbons (Fsp3) is 0.643. The van der Waals surface area contributed by atoms with Crippen LogP contribution in [0.2, 0.25) is 0 Å². The average molecular weight is 314 g/mol. The van der Waals surface area contributed by atoms with E-state index in [1.54, 1.807) is 20.8 Å². The quantitative estimate of drug-likeness (QED) is 0.762. The predicted octanol–water partition coefficient (Wildman–Crippen LogP) is 1.96. The normalized spacial score (nSPS) is 14.1. The van der Waals surface area contributed by atoms with Crippen LogP contribution in [0.3, 0.4) is 0 Å². The molecule has 0 atom stereocenters. The highest BCUT2D eigenvalue weighted by molar-refractivity contribution is 5.88. The average Bonchev–Trinajstić information content (AvgIpc) is 2.84. The number of H-pyrrole nitrogens is 1. The number of nitrogens with zero attached hydrogens (tertiary/aromatic N) is 2. The molecule has 1 aliphatic heterocycles. The summed E-state index contributed by atoms with van der Waals surface area (Å²) in [7, 11) is 0. The van der Waals surface area contributed by atoms with Gasteiger partial charge in [0.1, 0.15) is 5.84 Å². The Bertz CT molecular complexity index is 650. The molecule has 2 N–H and O–H groups in total. The molecule has 0 radical (unpaired) electrons. The number of aromatic nitrogens is 2. The van der Waals surface area contributed by atoms with E-state index >= 15 is 0 Å². The molecule has 8 heteroatoms. The van der Waals surface area contributed by atoms with Gasteiger partial charge in [0.05, 0.1) is 5.54 Å². The Hall–Kier alpha value is -2.25. The standard InChI is InChI=1S/C7H12N2O.C6H10N2O3.CH4/c1-5-8-6(9-10-5)7(2,3)4;1-6(2,3)8-4(9)7-5(10)11-8;/h1H2,2-4H3,(H,8,9);1-3H3,(H,7,9,10);1H4. The third kappa shape index (κ3) is 5.27. The first kappa shape index (κ1) is 19.8. The second kappa shape index (κ2) is 6.67. The van der Waals surface area contributed by atoms with E-state index in [1.165, 1.54) is 0 Å². The summed E-state index contributed by atoms with van der Waals surface area (Å²) in [5.41, 5.74) is 1.71. The molecular weight excluding hydrogens is 288 g/mol. The highest BCUT2D eigenvalue weighted by Gasteiger charge is 2.23. The maximum Gasteiger partial charge on any atom is 0.440 e. The summed E-state index contributed by atoms with van der Waals surface area (Å²) in [5, 5.41) is 0. The first-order valence-corrected chi connectivity index (χ1v) is 6.45. The predicted molar refractivity (Wildman–Crippen MR) is 85.6 cm³/mol. The zero-order valence-corrected chi connectivity index (χ0v) is 13.2. The molecule has 0 bridgehead atoms. The topological polar surface area (TPSA) is 102 Å². The van der Waals surface area contributed by atoms with Gasteiger partial charge in [-0.1, -0.05) is 28.2 Å². The number of rotatable bonds is 0. The Morgan fingerprint density at radius 1 is 1.14 bits per heavy atom. The minimum atomic E-state index is -0.718. The number of hydrogen-bond donors (Lipinski definition) is 2. The molecule has 22 heavy (non-hydrogen) atoms. The van der Waals surface area contributed by atoms with E-state index < -0.39 is 17.0 Å². The van der Waals surface area contributed by atoms with Crippen molar-refractivity contribution in [2.75, 3.05) is 0 Å². The molecule has 1 aromatic heterocycles. The van der Waals surface area contributed by atoms with Gasteiger partial charge in [0.15, 0.2) is 0 Å². The minimum absolute atomic E-state index is 0. The SMILES string of the molecule is C.C=C1N=C(C(C)(C)C)NO1.CC(C)(C)n1oc(=O)[nH]c1=O. The molecule has 0 saturated heterocycles. The Morgan fingerprint density at radius 2 is 1.68 bits per heavy atom. The van der Waals surface area contributed by atoms with Gasteiger partial charge in [0.2, 0.25) is 5.88 Å². The molecule has 0 aromatic carbocycles. The fourth-order valence-corrected chi connectivity index (χ4v) is 1.33. The van der Waals surface area contributed by atoms with Crippen molar-refractivity contribution in [3.8, 4) is 0 Å². The van der Waals surface area contributed by atoms with Gasteiger partial charge in [0, 0.05) is 5.41 Å². The fourth-order valence-electron chi connectivity index (χ4n) is 1.33. The summed E-state index contributed by atoms with van der Waals surface area (Å²) < 4.78 is 5.58. The van der Waals surface area contributed by atoms with Crippen LogP contribution in [-0.2, 0) is 10.4 Å². The Morgan fingerprint density at radius 3 is 1.86 bits per heavy atom. The second-order valence-corrected chi connectivity index (χ2v) is 6.58. The smallest absolute Gasteiger partial charge is 0.361 e. The molecule has 0 unspecified atom stereocenters. The van der Waals surface area contributed by atoms with Crippen molar-refractivity contribution in [3.63, 3.8) is 0 Å². The summed E-state index contributed by atoms with van der Waals surface area (Å²) in [5.74, 6) is 0.548. The second-order valence-electron chi connectivity index (χ2n) is 6.58. The van der Waals surface area contributed by atoms with Gasteiger partial charge < -0.3 is 9.36 Å². The maximum absolute atomic E-state index is 10.9. The number of amidine groups is 1. The van der Waals surface area contributed by atoms with Gasteiger partial charge in [0.25, 0.3) is 0 Å². The lowest BCUT2D eigenvalue weighted by Crippen LogP contribution is -2.31. The van der Waals surface area contributed by atoms with E-state index in [2.05, 4.69) is 42.3 Å². The molecular formula is C14H26N4O4. The molecule has 0 amide bonds. The first-order chi connectivity index (χ1) is 9.41. The lowest BCUT2D eigenvalue weighted by atomic mass is 9.95. The zero-order chi connectivity index (χ0) is 16.4. The molecule has 1 aliphatic rings. The number of hydrogen-bond acceptors (Lipinski definition) is 6. The molecule has 2 heterocycles. The van der Waals surface area contributed by atoms with Crippen LogP contribution < -0.4 is 16.9 Å². The number of nitrogens with one attached hydrogen (secondary N) is 2. The molecule has 8 nitrogen and oxygen atoms in total. The molecule has 0 fully saturated rings. The van der Waals surface area contributed by atoms with Crippen molar-refractivity contribution in [3.05, 3.63) is 33.5 Å². The monoisotopic (exact) mass is 314 g/mol. The first-order valence-electron chi connectivity index (χ1n) is 6.45. The lowest BCUT2D eigenvalue weighted by molar-refractivity contribution is 0.147. The summed E-state index contributed by atoms with van der Waals surface area (Å²) in [4.78, 5) is 32.3. The van der Waals surface area contributed by atoms with Gasteiger partial charge in [-0.25, -0.2) is 20.1 Å². The van der Waals surface area contributed by atoms with E-state index in [1.807, 2.05) is 4.98 Å². The van der Waals surface area contributed by atoms with E-state index in [-0.39, 0.29) is 12.8 Å². The van der Waals surface area contributed by atoms with Gasteiger partial charge in [-0.2, -0.15) is 4.99 Å². The largest absolute Gasteiger partial charge is 0.440 e. The number of aromatic amines is 1. The van der Waals surface area contributed by atoms with Crippen molar-refractivity contribution in [2.24, 2.45) is 10.4 Å². The van der Waals surface area contributed by atoms with Crippen molar-refractivity contribution >= 4 is 5.84 Å². The Labute approximate surface area is 129 Å². The van der Waals surface area contributed by atoms with Crippen LogP contribution in [0, 0.1) is 5.41 Å². The number of aliphatic imine (C=N–C) groups is 1. The summed E-state index contributed by atoms with van der Waals surface area (Å²) in [6.07, 6.45) is 0. The van der Waals surface area contributed by atoms with Crippen LogP contribution in [0.1, 0.15) is 49.0 Å². The summed E-state index contributed by atoms with van der Waals surface area (Å²) in [6.45, 7) is 15.0. The van der Waals surface area contributed by atoms with Gasteiger partial charge in [-0.15, -0.1) is 4.74 Å². The van der Waals surface area contributed by atoms with E-state index in [4.69, 9.17) is 4.84 Å². The van der Waals surface area contributed by atoms with Crippen LogP contribution in [0.5, 0.6) is 0 Å². The number of hydroxylamine groups is 1.